The fraction of sp³-hybridized carbons (Fsp3) is 0.947. The molecule has 0 aromatic heterocycles. The van der Waals surface area contributed by atoms with Crippen LogP contribution in [0.5, 0.6) is 0 Å². The zero-order valence-electron chi connectivity index (χ0n) is 16.8. The minimum atomic E-state index is 0.518. The molecule has 0 bridgehead atoms. The molecule has 146 valence electrons. The van der Waals surface area contributed by atoms with Crippen molar-refractivity contribution in [2.75, 3.05) is 59.5 Å². The fourth-order valence-electron chi connectivity index (χ4n) is 3.93. The maximum atomic E-state index is 5.49. The summed E-state index contributed by atoms with van der Waals surface area (Å²) in [4.78, 5) is 9.54. The molecule has 6 heteroatoms. The van der Waals surface area contributed by atoms with Gasteiger partial charge in [-0.05, 0) is 32.2 Å². The molecule has 2 unspecified atom stereocenters. The molecule has 0 aromatic rings. The van der Waals surface area contributed by atoms with Crippen molar-refractivity contribution in [1.82, 2.24) is 20.4 Å². The first kappa shape index (κ1) is 20.5. The quantitative estimate of drug-likeness (QED) is 0.535. The van der Waals surface area contributed by atoms with Crippen LogP contribution in [0.1, 0.15) is 40.0 Å². The number of nitrogens with zero attached hydrogens (tertiary/aromatic N) is 3. The summed E-state index contributed by atoms with van der Waals surface area (Å²) in [5.74, 6) is 1.53. The largest absolute Gasteiger partial charge is 0.379 e. The molecule has 0 aromatic carbocycles. The highest BCUT2D eigenvalue weighted by molar-refractivity contribution is 5.79. The Kier molecular flexibility index (Phi) is 8.99. The van der Waals surface area contributed by atoms with E-state index in [1.807, 2.05) is 7.05 Å². The first-order valence-corrected chi connectivity index (χ1v) is 10.1. The lowest BCUT2D eigenvalue weighted by atomic mass is 10.0. The molecule has 6 nitrogen and oxygen atoms in total. The third-order valence-corrected chi connectivity index (χ3v) is 5.62. The lowest BCUT2D eigenvalue weighted by Crippen LogP contribution is -2.53. The molecular weight excluding hydrogens is 314 g/mol. The molecule has 2 heterocycles. The first-order valence-electron chi connectivity index (χ1n) is 10.1. The number of hydrogen-bond acceptors (Lipinski definition) is 4. The summed E-state index contributed by atoms with van der Waals surface area (Å²) >= 11 is 0. The number of rotatable bonds is 7. The van der Waals surface area contributed by atoms with E-state index in [-0.39, 0.29) is 0 Å². The minimum absolute atomic E-state index is 0.518. The Labute approximate surface area is 154 Å². The van der Waals surface area contributed by atoms with Crippen LogP contribution in [0.25, 0.3) is 0 Å². The van der Waals surface area contributed by atoms with E-state index in [0.717, 1.165) is 57.9 Å². The van der Waals surface area contributed by atoms with Gasteiger partial charge in [-0.15, -0.1) is 0 Å². The molecule has 2 N–H and O–H groups in total. The lowest BCUT2D eigenvalue weighted by molar-refractivity contribution is 0.00752. The molecule has 0 saturated carbocycles. The predicted molar refractivity (Wildman–Crippen MR) is 105 cm³/mol. The second-order valence-corrected chi connectivity index (χ2v) is 7.72. The number of likely N-dealkylation sites (tertiary alicyclic amines) is 1. The zero-order chi connectivity index (χ0) is 18.1. The molecular formula is C19H39N5O. The van der Waals surface area contributed by atoms with Crippen molar-refractivity contribution in [2.45, 2.75) is 52.1 Å². The SMILES string of the molecule is CN=C(NCCN1CCCCC1C)NCC(C(C)C)N1CCOCC1. The number of piperidine rings is 1. The van der Waals surface area contributed by atoms with E-state index >= 15 is 0 Å². The molecule has 0 spiro atoms. The van der Waals surface area contributed by atoms with Gasteiger partial charge in [0.1, 0.15) is 0 Å². The summed E-state index contributed by atoms with van der Waals surface area (Å²) < 4.78 is 5.49. The van der Waals surface area contributed by atoms with E-state index in [4.69, 9.17) is 4.74 Å². The van der Waals surface area contributed by atoms with E-state index in [0.29, 0.717) is 12.0 Å². The van der Waals surface area contributed by atoms with Crippen LogP contribution < -0.4 is 10.6 Å². The van der Waals surface area contributed by atoms with Gasteiger partial charge in [-0.3, -0.25) is 14.8 Å². The van der Waals surface area contributed by atoms with Gasteiger partial charge in [0.2, 0.25) is 0 Å². The van der Waals surface area contributed by atoms with Crippen LogP contribution >= 0.6 is 0 Å². The summed E-state index contributed by atoms with van der Waals surface area (Å²) in [6.07, 6.45) is 4.06. The summed E-state index contributed by atoms with van der Waals surface area (Å²) in [7, 11) is 1.86. The van der Waals surface area contributed by atoms with Crippen LogP contribution in [0.3, 0.4) is 0 Å². The summed E-state index contributed by atoms with van der Waals surface area (Å²) in [6, 6.07) is 1.24. The molecule has 2 aliphatic rings. The number of guanidine groups is 1. The summed E-state index contributed by atoms with van der Waals surface area (Å²) in [6.45, 7) is 14.9. The maximum absolute atomic E-state index is 5.49. The predicted octanol–water partition coefficient (Wildman–Crippen LogP) is 1.38. The average Bonchev–Trinajstić information content (AvgIpc) is 2.62. The number of ether oxygens (including phenoxy) is 1. The molecule has 2 rings (SSSR count). The summed E-state index contributed by atoms with van der Waals surface area (Å²) in [5.41, 5.74) is 0. The van der Waals surface area contributed by atoms with Gasteiger partial charge in [0.15, 0.2) is 5.96 Å². The number of aliphatic imine (C=N–C) groups is 1. The van der Waals surface area contributed by atoms with Gasteiger partial charge in [-0.25, -0.2) is 0 Å². The third-order valence-electron chi connectivity index (χ3n) is 5.62. The van der Waals surface area contributed by atoms with Crippen molar-refractivity contribution < 1.29 is 4.74 Å². The number of nitrogens with one attached hydrogen (secondary N) is 2. The fourth-order valence-corrected chi connectivity index (χ4v) is 3.93. The van der Waals surface area contributed by atoms with Crippen molar-refractivity contribution in [2.24, 2.45) is 10.9 Å². The molecule has 2 atom stereocenters. The Hall–Kier alpha value is -0.850. The average molecular weight is 354 g/mol. The second-order valence-electron chi connectivity index (χ2n) is 7.72. The zero-order valence-corrected chi connectivity index (χ0v) is 16.8. The van der Waals surface area contributed by atoms with Crippen LogP contribution in [0.15, 0.2) is 4.99 Å². The Morgan fingerprint density at radius 2 is 1.92 bits per heavy atom. The second kappa shape index (κ2) is 11.0. The number of hydrogen-bond donors (Lipinski definition) is 2. The van der Waals surface area contributed by atoms with Gasteiger partial charge in [0, 0.05) is 51.9 Å². The molecule has 2 fully saturated rings. The van der Waals surface area contributed by atoms with E-state index in [1.165, 1.54) is 25.8 Å². The van der Waals surface area contributed by atoms with Gasteiger partial charge in [0.05, 0.1) is 13.2 Å². The van der Waals surface area contributed by atoms with Crippen LogP contribution in [-0.2, 0) is 4.74 Å². The highest BCUT2D eigenvalue weighted by atomic mass is 16.5. The van der Waals surface area contributed by atoms with Gasteiger partial charge in [0.25, 0.3) is 0 Å². The van der Waals surface area contributed by atoms with Gasteiger partial charge in [-0.1, -0.05) is 20.3 Å². The Morgan fingerprint density at radius 3 is 2.56 bits per heavy atom. The molecule has 0 radical (unpaired) electrons. The van der Waals surface area contributed by atoms with E-state index < -0.39 is 0 Å². The monoisotopic (exact) mass is 353 g/mol. The van der Waals surface area contributed by atoms with Crippen molar-refractivity contribution >= 4 is 5.96 Å². The van der Waals surface area contributed by atoms with Crippen LogP contribution in [0, 0.1) is 5.92 Å². The van der Waals surface area contributed by atoms with Crippen LogP contribution in [-0.4, -0.2) is 87.4 Å². The van der Waals surface area contributed by atoms with E-state index in [1.54, 1.807) is 0 Å². The van der Waals surface area contributed by atoms with Crippen molar-refractivity contribution in [3.05, 3.63) is 0 Å². The Bertz CT molecular complexity index is 395. The molecule has 0 amide bonds. The minimum Gasteiger partial charge on any atom is -0.379 e. The molecule has 2 aliphatic heterocycles. The van der Waals surface area contributed by atoms with Gasteiger partial charge in [-0.2, -0.15) is 0 Å². The van der Waals surface area contributed by atoms with E-state index in [9.17, 15) is 0 Å². The van der Waals surface area contributed by atoms with Gasteiger partial charge >= 0.3 is 0 Å². The maximum Gasteiger partial charge on any atom is 0.191 e. The molecule has 2 saturated heterocycles. The van der Waals surface area contributed by atoms with Crippen molar-refractivity contribution in [3.8, 4) is 0 Å². The number of morpholine rings is 1. The first-order chi connectivity index (χ1) is 12.1. The molecule has 25 heavy (non-hydrogen) atoms. The van der Waals surface area contributed by atoms with E-state index in [2.05, 4.69) is 46.2 Å². The highest BCUT2D eigenvalue weighted by Crippen LogP contribution is 2.15. The summed E-state index contributed by atoms with van der Waals surface area (Å²) in [5, 5.41) is 7.02. The van der Waals surface area contributed by atoms with Crippen LogP contribution in [0.2, 0.25) is 0 Å². The Balaban J connectivity index is 1.72. The van der Waals surface area contributed by atoms with Gasteiger partial charge < -0.3 is 15.4 Å². The van der Waals surface area contributed by atoms with Crippen molar-refractivity contribution in [3.63, 3.8) is 0 Å². The molecule has 0 aliphatic carbocycles. The standard InChI is InChI=1S/C19H39N5O/c1-16(2)18(24-11-13-25-14-12-24)15-22-19(20-4)21-8-10-23-9-6-5-7-17(23)3/h16-18H,5-15H2,1-4H3,(H2,20,21,22). The highest BCUT2D eigenvalue weighted by Gasteiger charge is 2.24. The smallest absolute Gasteiger partial charge is 0.191 e. The third kappa shape index (κ3) is 6.76. The normalized spacial score (nSPS) is 25.2. The lowest BCUT2D eigenvalue weighted by Gasteiger charge is -2.37. The Morgan fingerprint density at radius 1 is 1.16 bits per heavy atom. The van der Waals surface area contributed by atoms with Crippen molar-refractivity contribution in [1.29, 1.82) is 0 Å². The van der Waals surface area contributed by atoms with Crippen LogP contribution in [0.4, 0.5) is 0 Å². The topological polar surface area (TPSA) is 52.1 Å².